The highest BCUT2D eigenvalue weighted by atomic mass is 16.4. The van der Waals surface area contributed by atoms with E-state index in [2.05, 4.69) is 24.3 Å². The number of aliphatic hydroxyl groups is 1. The van der Waals surface area contributed by atoms with Crippen molar-refractivity contribution in [3.05, 3.63) is 47.5 Å². The monoisotopic (exact) mass is 262 g/mol. The molecule has 0 fully saturated rings. The molecule has 0 saturated heterocycles. The molecule has 0 radical (unpaired) electrons. The molecule has 3 heteroatoms. The Hall–Kier alpha value is -1.61. The molecule has 2 N–H and O–H groups in total. The Kier molecular flexibility index (Phi) is 7.59. The summed E-state index contributed by atoms with van der Waals surface area (Å²) >= 11 is 0. The van der Waals surface area contributed by atoms with Crippen molar-refractivity contribution in [2.45, 2.75) is 38.5 Å². The van der Waals surface area contributed by atoms with Gasteiger partial charge in [-0.15, -0.1) is 0 Å². The van der Waals surface area contributed by atoms with Gasteiger partial charge in [-0.2, -0.15) is 0 Å². The Morgan fingerprint density at radius 2 is 1.74 bits per heavy atom. The molecule has 0 unspecified atom stereocenters. The Balaban J connectivity index is 2.07. The molecule has 19 heavy (non-hydrogen) atoms. The van der Waals surface area contributed by atoms with Crippen LogP contribution >= 0.6 is 0 Å². The zero-order valence-corrected chi connectivity index (χ0v) is 11.2. The number of unbranched alkanes of at least 4 members (excludes halogenated alkanes) is 4. The molecule has 0 saturated carbocycles. The van der Waals surface area contributed by atoms with E-state index < -0.39 is 5.97 Å². The maximum Gasteiger partial charge on any atom is 0.333 e. The van der Waals surface area contributed by atoms with Crippen molar-refractivity contribution < 1.29 is 15.0 Å². The van der Waals surface area contributed by atoms with Crippen LogP contribution < -0.4 is 0 Å². The van der Waals surface area contributed by atoms with E-state index in [-0.39, 0.29) is 12.2 Å². The third-order valence-corrected chi connectivity index (χ3v) is 3.10. The zero-order chi connectivity index (χ0) is 13.9. The lowest BCUT2D eigenvalue weighted by Crippen LogP contribution is -2.04. The number of hydrogen-bond acceptors (Lipinski definition) is 2. The summed E-state index contributed by atoms with van der Waals surface area (Å²) < 4.78 is 0. The van der Waals surface area contributed by atoms with Crippen LogP contribution in [0.1, 0.15) is 37.7 Å². The summed E-state index contributed by atoms with van der Waals surface area (Å²) in [6.45, 7) is -0.386. The van der Waals surface area contributed by atoms with Crippen LogP contribution in [0, 0.1) is 0 Å². The summed E-state index contributed by atoms with van der Waals surface area (Å²) in [4.78, 5) is 10.6. The van der Waals surface area contributed by atoms with Crippen molar-refractivity contribution in [1.82, 2.24) is 0 Å². The van der Waals surface area contributed by atoms with Gasteiger partial charge in [0.25, 0.3) is 0 Å². The average Bonchev–Trinajstić information content (AvgIpc) is 2.42. The predicted octanol–water partition coefficient (Wildman–Crippen LogP) is 3.18. The second-order valence-corrected chi connectivity index (χ2v) is 4.63. The van der Waals surface area contributed by atoms with Crippen LogP contribution in [0.25, 0.3) is 0 Å². The van der Waals surface area contributed by atoms with Gasteiger partial charge in [0, 0.05) is 0 Å². The molecule has 0 aliphatic rings. The molecule has 1 aromatic carbocycles. The van der Waals surface area contributed by atoms with Crippen LogP contribution in [0.4, 0.5) is 0 Å². The van der Waals surface area contributed by atoms with Crippen LogP contribution in [0.3, 0.4) is 0 Å². The van der Waals surface area contributed by atoms with Gasteiger partial charge in [-0.25, -0.2) is 4.79 Å². The summed E-state index contributed by atoms with van der Waals surface area (Å²) in [5, 5.41) is 17.5. The van der Waals surface area contributed by atoms with E-state index in [9.17, 15) is 4.79 Å². The molecule has 0 aliphatic heterocycles. The van der Waals surface area contributed by atoms with E-state index in [1.165, 1.54) is 12.0 Å². The normalized spacial score (nSPS) is 11.5. The van der Waals surface area contributed by atoms with Gasteiger partial charge < -0.3 is 10.2 Å². The van der Waals surface area contributed by atoms with Crippen molar-refractivity contribution in [3.63, 3.8) is 0 Å². The first-order valence-electron chi connectivity index (χ1n) is 6.81. The summed E-state index contributed by atoms with van der Waals surface area (Å²) in [6, 6.07) is 10.4. The number of carbonyl (C=O) groups is 1. The lowest BCUT2D eigenvalue weighted by atomic mass is 10.1. The van der Waals surface area contributed by atoms with E-state index in [1.54, 1.807) is 6.08 Å². The smallest absolute Gasteiger partial charge is 0.333 e. The Bertz CT molecular complexity index is 396. The summed E-state index contributed by atoms with van der Waals surface area (Å²) in [7, 11) is 0. The van der Waals surface area contributed by atoms with E-state index in [0.29, 0.717) is 0 Å². The SMILES string of the molecule is O=C(O)/C(=C/CCCCCCc1ccccc1)CO. The fourth-order valence-electron chi connectivity index (χ4n) is 1.97. The fourth-order valence-corrected chi connectivity index (χ4v) is 1.97. The van der Waals surface area contributed by atoms with Gasteiger partial charge in [0.15, 0.2) is 0 Å². The molecule has 0 atom stereocenters. The molecule has 104 valence electrons. The minimum atomic E-state index is -1.02. The number of rotatable bonds is 9. The largest absolute Gasteiger partial charge is 0.478 e. The molecule has 1 rings (SSSR count). The number of benzene rings is 1. The maximum absolute atomic E-state index is 10.6. The zero-order valence-electron chi connectivity index (χ0n) is 11.2. The molecular formula is C16H22O3. The third kappa shape index (κ3) is 6.77. The van der Waals surface area contributed by atoms with Gasteiger partial charge in [-0.1, -0.05) is 49.2 Å². The second kappa shape index (κ2) is 9.34. The molecule has 0 heterocycles. The molecule has 0 amide bonds. The first kappa shape index (κ1) is 15.4. The van der Waals surface area contributed by atoms with E-state index in [4.69, 9.17) is 10.2 Å². The average molecular weight is 262 g/mol. The first-order valence-corrected chi connectivity index (χ1v) is 6.81. The lowest BCUT2D eigenvalue weighted by Gasteiger charge is -2.01. The summed E-state index contributed by atoms with van der Waals surface area (Å²) in [6.07, 6.45) is 7.86. The number of allylic oxidation sites excluding steroid dienone is 1. The van der Waals surface area contributed by atoms with Crippen LogP contribution in [0.15, 0.2) is 42.0 Å². The van der Waals surface area contributed by atoms with E-state index in [0.717, 1.165) is 32.1 Å². The number of carboxylic acids is 1. The van der Waals surface area contributed by atoms with Crippen molar-refractivity contribution >= 4 is 5.97 Å². The summed E-state index contributed by atoms with van der Waals surface area (Å²) in [5.41, 5.74) is 1.47. The molecule has 1 aromatic rings. The maximum atomic E-state index is 10.6. The van der Waals surface area contributed by atoms with Crippen molar-refractivity contribution in [3.8, 4) is 0 Å². The Morgan fingerprint density at radius 1 is 1.05 bits per heavy atom. The number of aliphatic hydroxyl groups excluding tert-OH is 1. The molecule has 0 aliphatic carbocycles. The van der Waals surface area contributed by atoms with Crippen LogP contribution in [0.5, 0.6) is 0 Å². The van der Waals surface area contributed by atoms with Gasteiger partial charge in [-0.05, 0) is 31.2 Å². The minimum absolute atomic E-state index is 0.101. The second-order valence-electron chi connectivity index (χ2n) is 4.63. The molecular weight excluding hydrogens is 240 g/mol. The molecule has 0 bridgehead atoms. The highest BCUT2D eigenvalue weighted by Gasteiger charge is 2.03. The standard InChI is InChI=1S/C16H22O3/c17-13-15(16(18)19)12-8-3-1-2-5-9-14-10-6-4-7-11-14/h4,6-7,10-12,17H,1-3,5,8-9,13H2,(H,18,19)/b15-12+. The number of aryl methyl sites for hydroxylation is 1. The third-order valence-electron chi connectivity index (χ3n) is 3.10. The van der Waals surface area contributed by atoms with Crippen molar-refractivity contribution in [2.24, 2.45) is 0 Å². The van der Waals surface area contributed by atoms with Crippen LogP contribution in [-0.2, 0) is 11.2 Å². The van der Waals surface area contributed by atoms with Crippen molar-refractivity contribution in [1.29, 1.82) is 0 Å². The molecule has 0 spiro atoms. The highest BCUT2D eigenvalue weighted by Crippen LogP contribution is 2.09. The van der Waals surface area contributed by atoms with Gasteiger partial charge in [0.2, 0.25) is 0 Å². The van der Waals surface area contributed by atoms with Gasteiger partial charge in [0.05, 0.1) is 12.2 Å². The van der Waals surface area contributed by atoms with Crippen molar-refractivity contribution in [2.75, 3.05) is 6.61 Å². The predicted molar refractivity (Wildman–Crippen MR) is 76.0 cm³/mol. The summed E-state index contributed by atoms with van der Waals surface area (Å²) in [5.74, 6) is -1.02. The lowest BCUT2D eigenvalue weighted by molar-refractivity contribution is -0.133. The molecule has 0 aromatic heterocycles. The fraction of sp³-hybridized carbons (Fsp3) is 0.438. The molecule has 3 nitrogen and oxygen atoms in total. The van der Waals surface area contributed by atoms with Gasteiger partial charge in [-0.3, -0.25) is 0 Å². The first-order chi connectivity index (χ1) is 9.24. The van der Waals surface area contributed by atoms with Crippen LogP contribution in [-0.4, -0.2) is 22.8 Å². The minimum Gasteiger partial charge on any atom is -0.478 e. The topological polar surface area (TPSA) is 57.5 Å². The number of hydrogen-bond donors (Lipinski definition) is 2. The Labute approximate surface area is 114 Å². The van der Waals surface area contributed by atoms with E-state index >= 15 is 0 Å². The van der Waals surface area contributed by atoms with Gasteiger partial charge >= 0.3 is 5.97 Å². The van der Waals surface area contributed by atoms with Crippen LogP contribution in [0.2, 0.25) is 0 Å². The Morgan fingerprint density at radius 3 is 2.37 bits per heavy atom. The highest BCUT2D eigenvalue weighted by molar-refractivity contribution is 5.86. The van der Waals surface area contributed by atoms with Gasteiger partial charge in [0.1, 0.15) is 0 Å². The quantitative estimate of drug-likeness (QED) is 0.531. The number of aliphatic carboxylic acids is 1. The van der Waals surface area contributed by atoms with E-state index in [1.807, 2.05) is 6.07 Å². The number of carboxylic acid groups (broad SMARTS) is 1.